The van der Waals surface area contributed by atoms with E-state index in [0.717, 1.165) is 12.1 Å². The summed E-state index contributed by atoms with van der Waals surface area (Å²) in [7, 11) is 0. The molecule has 3 aromatic rings. The lowest BCUT2D eigenvalue weighted by atomic mass is 9.96. The molecular formula is C39H50O24. The minimum absolute atomic E-state index is 0.128. The average Bonchev–Trinajstić information content (AvgIpc) is 3.25. The fourth-order valence-corrected chi connectivity index (χ4v) is 7.64. The van der Waals surface area contributed by atoms with Crippen molar-refractivity contribution >= 4 is 11.0 Å². The third kappa shape index (κ3) is 9.07. The standard InChI is InChI=1S/C39H50O24/c1-11-21(44)26(49)30(53)36(55-11)61-33-25(48)20-16(43)7-15(8-17(20)58-32(33)13-3-5-14(42)6-4-13)57-38-34(28(51)22(45)12(2)56-38)63-39-35(29(52)24(47)19(10-41)60-39)62-37-31(54)27(50)23(46)18(9-40)59-37/h3-8,11-12,18-19,21-24,26-31,34-47,49-54H,9-10H2,1-2H3/t11-,12-,18+,19+,21-,22-,23+,24+,26+,27-,28+,29-,30+,31+,34+,35+,36-,37-,38-,39-/m0/s1. The predicted octanol–water partition coefficient (Wildman–Crippen LogP) is -5.07. The first-order valence-electron chi connectivity index (χ1n) is 19.8. The third-order valence-corrected chi connectivity index (χ3v) is 11.4. The van der Waals surface area contributed by atoms with Crippen LogP contribution in [0.3, 0.4) is 0 Å². The second-order valence-electron chi connectivity index (χ2n) is 15.7. The van der Waals surface area contributed by atoms with Crippen molar-refractivity contribution < 1.29 is 114 Å². The molecule has 0 amide bonds. The van der Waals surface area contributed by atoms with Gasteiger partial charge in [-0.15, -0.1) is 0 Å². The highest BCUT2D eigenvalue weighted by Gasteiger charge is 2.54. The summed E-state index contributed by atoms with van der Waals surface area (Å²) in [5.74, 6) is -2.20. The zero-order valence-corrected chi connectivity index (χ0v) is 33.3. The molecule has 2 aromatic carbocycles. The van der Waals surface area contributed by atoms with Crippen LogP contribution in [0.2, 0.25) is 0 Å². The Kier molecular flexibility index (Phi) is 14.1. The Hall–Kier alpha value is -3.87. The second kappa shape index (κ2) is 18.9. The van der Waals surface area contributed by atoms with Gasteiger partial charge < -0.3 is 114 Å². The Balaban J connectivity index is 1.22. The molecule has 5 heterocycles. The van der Waals surface area contributed by atoms with Crippen LogP contribution in [0.15, 0.2) is 45.6 Å². The van der Waals surface area contributed by atoms with Crippen molar-refractivity contribution in [1.29, 1.82) is 0 Å². The van der Waals surface area contributed by atoms with Crippen LogP contribution in [-0.4, -0.2) is 208 Å². The van der Waals surface area contributed by atoms with Gasteiger partial charge in [-0.1, -0.05) is 0 Å². The third-order valence-electron chi connectivity index (χ3n) is 11.4. The molecule has 20 atom stereocenters. The van der Waals surface area contributed by atoms with Crippen molar-refractivity contribution in [3.63, 3.8) is 0 Å². The highest BCUT2D eigenvalue weighted by Crippen LogP contribution is 2.40. The zero-order chi connectivity index (χ0) is 45.8. The molecule has 0 unspecified atom stereocenters. The van der Waals surface area contributed by atoms with Crippen LogP contribution in [-0.2, 0) is 28.4 Å². The minimum atomic E-state index is -2.01. The number of rotatable bonds is 11. The van der Waals surface area contributed by atoms with Crippen molar-refractivity contribution in [3.8, 4) is 34.3 Å². The van der Waals surface area contributed by atoms with E-state index in [2.05, 4.69) is 0 Å². The van der Waals surface area contributed by atoms with E-state index in [9.17, 15) is 76.3 Å². The van der Waals surface area contributed by atoms with Crippen LogP contribution in [0.1, 0.15) is 13.8 Å². The van der Waals surface area contributed by atoms with E-state index >= 15 is 0 Å². The Morgan fingerprint density at radius 1 is 0.556 bits per heavy atom. The van der Waals surface area contributed by atoms with Crippen LogP contribution in [0.4, 0.5) is 0 Å². The summed E-state index contributed by atoms with van der Waals surface area (Å²) in [6.45, 7) is 1.01. The normalized spacial score (nSPS) is 41.0. The summed E-state index contributed by atoms with van der Waals surface area (Å²) in [6.07, 6.45) is -34.6. The maximum absolute atomic E-state index is 14.1. The van der Waals surface area contributed by atoms with Crippen LogP contribution in [0.5, 0.6) is 23.0 Å². The van der Waals surface area contributed by atoms with Crippen molar-refractivity contribution in [2.24, 2.45) is 0 Å². The lowest BCUT2D eigenvalue weighted by molar-refractivity contribution is -0.388. The van der Waals surface area contributed by atoms with E-state index in [1.807, 2.05) is 0 Å². The molecular weight excluding hydrogens is 852 g/mol. The summed E-state index contributed by atoms with van der Waals surface area (Å²) in [5, 5.41) is 147. The van der Waals surface area contributed by atoms with Gasteiger partial charge in [0.05, 0.1) is 25.4 Å². The average molecular weight is 903 g/mol. The number of phenols is 2. The van der Waals surface area contributed by atoms with Crippen LogP contribution >= 0.6 is 0 Å². The molecule has 4 saturated heterocycles. The topological polar surface area (TPSA) is 387 Å². The van der Waals surface area contributed by atoms with E-state index in [0.29, 0.717) is 0 Å². The van der Waals surface area contributed by atoms with Gasteiger partial charge in [0.1, 0.15) is 108 Å². The van der Waals surface area contributed by atoms with Gasteiger partial charge in [-0.25, -0.2) is 0 Å². The zero-order valence-electron chi connectivity index (χ0n) is 33.3. The van der Waals surface area contributed by atoms with Crippen LogP contribution in [0, 0.1) is 0 Å². The van der Waals surface area contributed by atoms with Gasteiger partial charge in [-0.05, 0) is 38.1 Å². The number of aromatic hydroxyl groups is 2. The minimum Gasteiger partial charge on any atom is -0.508 e. The lowest BCUT2D eigenvalue weighted by Gasteiger charge is -2.48. The maximum atomic E-state index is 14.1. The first-order chi connectivity index (χ1) is 29.8. The molecule has 4 aliphatic heterocycles. The number of phenolic OH excluding ortho intramolecular Hbond substituents is 2. The summed E-state index contributed by atoms with van der Waals surface area (Å²) >= 11 is 0. The van der Waals surface area contributed by atoms with Gasteiger partial charge in [0, 0.05) is 17.7 Å². The Morgan fingerprint density at radius 2 is 1.06 bits per heavy atom. The summed E-state index contributed by atoms with van der Waals surface area (Å²) in [6, 6.07) is 7.25. The first kappa shape index (κ1) is 47.1. The summed E-state index contributed by atoms with van der Waals surface area (Å²) in [5.41, 5.74) is -1.25. The molecule has 24 heteroatoms. The van der Waals surface area contributed by atoms with Crippen LogP contribution in [0.25, 0.3) is 22.3 Å². The van der Waals surface area contributed by atoms with E-state index in [1.54, 1.807) is 0 Å². The molecule has 1 aromatic heterocycles. The first-order valence-corrected chi connectivity index (χ1v) is 19.8. The van der Waals surface area contributed by atoms with E-state index in [1.165, 1.54) is 38.1 Å². The smallest absolute Gasteiger partial charge is 0.239 e. The number of hydrogen-bond donors (Lipinski definition) is 14. The van der Waals surface area contributed by atoms with Gasteiger partial charge in [0.2, 0.25) is 23.8 Å². The molecule has 14 N–H and O–H groups in total. The molecule has 24 nitrogen and oxygen atoms in total. The fourth-order valence-electron chi connectivity index (χ4n) is 7.64. The van der Waals surface area contributed by atoms with E-state index in [4.69, 9.17) is 42.3 Å². The number of benzene rings is 2. The van der Waals surface area contributed by atoms with Crippen molar-refractivity contribution in [2.45, 2.75) is 137 Å². The van der Waals surface area contributed by atoms with Gasteiger partial charge in [0.15, 0.2) is 24.4 Å². The number of aliphatic hydroxyl groups is 12. The van der Waals surface area contributed by atoms with E-state index < -0.39 is 158 Å². The molecule has 0 spiro atoms. The summed E-state index contributed by atoms with van der Waals surface area (Å²) in [4.78, 5) is 14.1. The van der Waals surface area contributed by atoms with Crippen molar-refractivity contribution in [3.05, 3.63) is 46.6 Å². The number of ether oxygens (including phenoxy) is 8. The predicted molar refractivity (Wildman–Crippen MR) is 202 cm³/mol. The molecule has 0 aliphatic carbocycles. The molecule has 7 rings (SSSR count). The van der Waals surface area contributed by atoms with Gasteiger partial charge >= 0.3 is 0 Å². The molecule has 0 saturated carbocycles. The van der Waals surface area contributed by atoms with Crippen molar-refractivity contribution in [2.75, 3.05) is 13.2 Å². The largest absolute Gasteiger partial charge is 0.508 e. The molecule has 350 valence electrons. The van der Waals surface area contributed by atoms with Crippen molar-refractivity contribution in [1.82, 2.24) is 0 Å². The second-order valence-corrected chi connectivity index (χ2v) is 15.7. The molecule has 4 aliphatic rings. The molecule has 0 bridgehead atoms. The van der Waals surface area contributed by atoms with Crippen LogP contribution < -0.4 is 14.9 Å². The molecule has 0 radical (unpaired) electrons. The Labute approximate surface area is 355 Å². The Bertz CT molecular complexity index is 2080. The monoisotopic (exact) mass is 902 g/mol. The number of hydrogen-bond acceptors (Lipinski definition) is 24. The summed E-state index contributed by atoms with van der Waals surface area (Å²) < 4.78 is 52.0. The SMILES string of the molecule is C[C@@H]1O[C@@H](Oc2c(-c3ccc(O)cc3)oc3cc(O[C@@H]4O[C@@H](C)[C@H](O)[C@@H](O)[C@H]4O[C@@H]4O[C@H](CO)[C@@H](O)[C@H](O)[C@H]4O[C@@H]4O[C@H](CO)[C@@H](O)[C@H](O)[C@H]4O)cc(O)c3c2=O)[C@H](O)[C@H](O)[C@H]1O. The number of aliphatic hydroxyl groups excluding tert-OH is 12. The maximum Gasteiger partial charge on any atom is 0.239 e. The molecule has 4 fully saturated rings. The fraction of sp³-hybridized carbons (Fsp3) is 0.615. The lowest BCUT2D eigenvalue weighted by Crippen LogP contribution is -2.66. The quantitative estimate of drug-likeness (QED) is 0.0856. The Morgan fingerprint density at radius 3 is 1.70 bits per heavy atom. The van der Waals surface area contributed by atoms with Gasteiger partial charge in [-0.3, -0.25) is 4.79 Å². The van der Waals surface area contributed by atoms with E-state index in [-0.39, 0.29) is 28.4 Å². The van der Waals surface area contributed by atoms with Gasteiger partial charge in [0.25, 0.3) is 0 Å². The molecule has 63 heavy (non-hydrogen) atoms. The number of fused-ring (bicyclic) bond motifs is 1. The highest BCUT2D eigenvalue weighted by atomic mass is 16.8. The van der Waals surface area contributed by atoms with Gasteiger partial charge in [-0.2, -0.15) is 0 Å². The highest BCUT2D eigenvalue weighted by molar-refractivity contribution is 5.88.